The third kappa shape index (κ3) is 5.92. The average Bonchev–Trinajstić information content (AvgIpc) is 3.35. The van der Waals surface area contributed by atoms with Crippen molar-refractivity contribution in [1.29, 1.82) is 0 Å². The van der Waals surface area contributed by atoms with E-state index < -0.39 is 6.04 Å². The van der Waals surface area contributed by atoms with Crippen LogP contribution < -0.4 is 5.32 Å². The maximum absolute atomic E-state index is 13.5. The molecule has 0 heterocycles. The van der Waals surface area contributed by atoms with Gasteiger partial charge >= 0.3 is 0 Å². The van der Waals surface area contributed by atoms with Gasteiger partial charge in [-0.25, -0.2) is 0 Å². The molecule has 4 nitrogen and oxygen atoms in total. The Morgan fingerprint density at radius 1 is 1.00 bits per heavy atom. The van der Waals surface area contributed by atoms with Crippen LogP contribution in [0.15, 0.2) is 60.7 Å². The zero-order chi connectivity index (χ0) is 24.1. The second kappa shape index (κ2) is 11.2. The molecule has 1 saturated carbocycles. The minimum atomic E-state index is -0.588. The van der Waals surface area contributed by atoms with E-state index in [2.05, 4.69) is 29.6 Å². The van der Waals surface area contributed by atoms with E-state index in [-0.39, 0.29) is 17.9 Å². The van der Waals surface area contributed by atoms with Gasteiger partial charge in [-0.3, -0.25) is 9.59 Å². The molecule has 2 amide bonds. The summed E-state index contributed by atoms with van der Waals surface area (Å²) in [5, 5.41) is 6.35. The standard InChI is InChI=1S/C28H30Cl2N2O2/c1-19(28(34)31-23-10-3-4-11-23)32(18-20-13-15-25(29)26(30)17-20)27(33)16-14-22-9-6-8-21-7-2-5-12-24(21)22/h2,5-9,12-13,15,17,19,23H,3-4,10-11,14,16,18H2,1H3,(H,31,34). The normalized spacial score (nSPS) is 14.8. The van der Waals surface area contributed by atoms with Gasteiger partial charge in [-0.2, -0.15) is 0 Å². The first-order chi connectivity index (χ1) is 16.4. The van der Waals surface area contributed by atoms with Gasteiger partial charge in [0.1, 0.15) is 6.04 Å². The third-order valence-electron chi connectivity index (χ3n) is 6.69. The minimum Gasteiger partial charge on any atom is -0.352 e. The Hall–Kier alpha value is -2.56. The lowest BCUT2D eigenvalue weighted by Gasteiger charge is -2.30. The van der Waals surface area contributed by atoms with E-state index in [1.54, 1.807) is 24.0 Å². The molecule has 0 spiro atoms. The number of hydrogen-bond donors (Lipinski definition) is 1. The molecule has 1 fully saturated rings. The molecule has 3 aromatic rings. The maximum Gasteiger partial charge on any atom is 0.242 e. The molecule has 1 atom stereocenters. The minimum absolute atomic E-state index is 0.0620. The van der Waals surface area contributed by atoms with E-state index >= 15 is 0 Å². The van der Waals surface area contributed by atoms with E-state index in [4.69, 9.17) is 23.2 Å². The van der Waals surface area contributed by atoms with E-state index in [1.807, 2.05) is 24.3 Å². The highest BCUT2D eigenvalue weighted by atomic mass is 35.5. The molecule has 3 aromatic carbocycles. The summed E-state index contributed by atoms with van der Waals surface area (Å²) in [6.07, 6.45) is 5.19. The first-order valence-corrected chi connectivity index (χ1v) is 12.7. The van der Waals surface area contributed by atoms with E-state index in [9.17, 15) is 9.59 Å². The predicted molar refractivity (Wildman–Crippen MR) is 139 cm³/mol. The van der Waals surface area contributed by atoms with Gasteiger partial charge in [0.2, 0.25) is 11.8 Å². The topological polar surface area (TPSA) is 49.4 Å². The number of aryl methyl sites for hydroxylation is 1. The summed E-state index contributed by atoms with van der Waals surface area (Å²) in [4.78, 5) is 28.2. The highest BCUT2D eigenvalue weighted by Gasteiger charge is 2.28. The van der Waals surface area contributed by atoms with Gasteiger partial charge in [0.05, 0.1) is 10.0 Å². The molecule has 1 N–H and O–H groups in total. The zero-order valence-corrected chi connectivity index (χ0v) is 20.9. The number of rotatable bonds is 8. The molecule has 1 aliphatic rings. The van der Waals surface area contributed by atoms with Crippen molar-refractivity contribution in [3.05, 3.63) is 81.8 Å². The lowest BCUT2D eigenvalue weighted by atomic mass is 10.0. The molecule has 34 heavy (non-hydrogen) atoms. The average molecular weight is 497 g/mol. The fourth-order valence-electron chi connectivity index (χ4n) is 4.70. The molecule has 0 radical (unpaired) electrons. The smallest absolute Gasteiger partial charge is 0.242 e. The van der Waals surface area contributed by atoms with E-state index in [0.29, 0.717) is 29.4 Å². The molecule has 1 aliphatic carbocycles. The van der Waals surface area contributed by atoms with Crippen LogP contribution in [-0.4, -0.2) is 28.8 Å². The lowest BCUT2D eigenvalue weighted by Crippen LogP contribution is -2.49. The van der Waals surface area contributed by atoms with Gasteiger partial charge in [-0.1, -0.05) is 84.6 Å². The highest BCUT2D eigenvalue weighted by molar-refractivity contribution is 6.42. The lowest BCUT2D eigenvalue weighted by molar-refractivity contribution is -0.140. The summed E-state index contributed by atoms with van der Waals surface area (Å²) in [5.41, 5.74) is 1.97. The van der Waals surface area contributed by atoms with Crippen molar-refractivity contribution < 1.29 is 9.59 Å². The number of carbonyl (C=O) groups excluding carboxylic acids is 2. The number of benzene rings is 3. The summed E-state index contributed by atoms with van der Waals surface area (Å²) < 4.78 is 0. The number of halogens is 2. The molecule has 6 heteroatoms. The zero-order valence-electron chi connectivity index (χ0n) is 19.4. The molecule has 0 aromatic heterocycles. The first-order valence-electron chi connectivity index (χ1n) is 11.9. The van der Waals surface area contributed by atoms with Gasteiger partial charge in [-0.05, 0) is 60.2 Å². The van der Waals surface area contributed by atoms with Crippen LogP contribution in [0, 0.1) is 0 Å². The predicted octanol–water partition coefficient (Wildman–Crippen LogP) is 6.56. The van der Waals surface area contributed by atoms with Crippen LogP contribution in [-0.2, 0) is 22.6 Å². The first kappa shape index (κ1) is 24.6. The summed E-state index contributed by atoms with van der Waals surface area (Å²) in [5.74, 6) is -0.168. The Morgan fingerprint density at radius 2 is 1.74 bits per heavy atom. The molecule has 4 rings (SSSR count). The van der Waals surface area contributed by atoms with Crippen molar-refractivity contribution in [2.75, 3.05) is 0 Å². The SMILES string of the molecule is CC(C(=O)NC1CCCC1)N(Cc1ccc(Cl)c(Cl)c1)C(=O)CCc1cccc2ccccc12. The van der Waals surface area contributed by atoms with Crippen LogP contribution in [0.1, 0.15) is 50.2 Å². The molecule has 0 aliphatic heterocycles. The van der Waals surface area contributed by atoms with Gasteiger partial charge in [0.15, 0.2) is 0 Å². The molecule has 1 unspecified atom stereocenters. The summed E-state index contributed by atoms with van der Waals surface area (Å²) in [7, 11) is 0. The summed E-state index contributed by atoms with van der Waals surface area (Å²) >= 11 is 12.3. The van der Waals surface area contributed by atoms with Crippen molar-refractivity contribution >= 4 is 45.8 Å². The van der Waals surface area contributed by atoms with Crippen LogP contribution in [0.25, 0.3) is 10.8 Å². The number of nitrogens with zero attached hydrogens (tertiary/aromatic N) is 1. The fraction of sp³-hybridized carbons (Fsp3) is 0.357. The Morgan fingerprint density at radius 3 is 2.50 bits per heavy atom. The third-order valence-corrected chi connectivity index (χ3v) is 7.43. The van der Waals surface area contributed by atoms with Gasteiger partial charge < -0.3 is 10.2 Å². The number of fused-ring (bicyclic) bond motifs is 1. The molecule has 0 bridgehead atoms. The Balaban J connectivity index is 1.52. The van der Waals surface area contributed by atoms with Crippen LogP contribution in [0.5, 0.6) is 0 Å². The van der Waals surface area contributed by atoms with Crippen molar-refractivity contribution in [3.63, 3.8) is 0 Å². The van der Waals surface area contributed by atoms with Crippen molar-refractivity contribution in [2.24, 2.45) is 0 Å². The second-order valence-corrected chi connectivity index (χ2v) is 9.89. The number of hydrogen-bond acceptors (Lipinski definition) is 2. The van der Waals surface area contributed by atoms with Gasteiger partial charge in [-0.15, -0.1) is 0 Å². The number of amides is 2. The number of nitrogens with one attached hydrogen (secondary N) is 1. The monoisotopic (exact) mass is 496 g/mol. The van der Waals surface area contributed by atoms with Crippen molar-refractivity contribution in [1.82, 2.24) is 10.2 Å². The van der Waals surface area contributed by atoms with E-state index in [1.165, 1.54) is 0 Å². The highest BCUT2D eigenvalue weighted by Crippen LogP contribution is 2.25. The van der Waals surface area contributed by atoms with Gasteiger partial charge in [0.25, 0.3) is 0 Å². The second-order valence-electron chi connectivity index (χ2n) is 9.07. The Labute approximate surface area is 211 Å². The summed E-state index contributed by atoms with van der Waals surface area (Å²) in [6.45, 7) is 2.10. The van der Waals surface area contributed by atoms with Crippen LogP contribution >= 0.6 is 23.2 Å². The van der Waals surface area contributed by atoms with E-state index in [0.717, 1.165) is 47.6 Å². The Kier molecular flexibility index (Phi) is 8.12. The van der Waals surface area contributed by atoms with Crippen LogP contribution in [0.4, 0.5) is 0 Å². The maximum atomic E-state index is 13.5. The van der Waals surface area contributed by atoms with Crippen molar-refractivity contribution in [3.8, 4) is 0 Å². The molecular formula is C28H30Cl2N2O2. The number of carbonyl (C=O) groups is 2. The Bertz CT molecular complexity index is 1170. The quantitative estimate of drug-likeness (QED) is 0.384. The molecular weight excluding hydrogens is 467 g/mol. The summed E-state index contributed by atoms with van der Waals surface area (Å²) in [6, 6.07) is 19.3. The van der Waals surface area contributed by atoms with Gasteiger partial charge in [0, 0.05) is 19.0 Å². The largest absolute Gasteiger partial charge is 0.352 e. The van der Waals surface area contributed by atoms with Crippen LogP contribution in [0.3, 0.4) is 0 Å². The van der Waals surface area contributed by atoms with Crippen molar-refractivity contribution in [2.45, 2.75) is 64.1 Å². The molecule has 0 saturated heterocycles. The fourth-order valence-corrected chi connectivity index (χ4v) is 5.03. The van der Waals surface area contributed by atoms with Crippen LogP contribution in [0.2, 0.25) is 10.0 Å². The molecule has 178 valence electrons.